The number of esters is 2. The van der Waals surface area contributed by atoms with Crippen LogP contribution in [0.5, 0.6) is 17.2 Å². The Bertz CT molecular complexity index is 840. The average molecular weight is 443 g/mol. The van der Waals surface area contributed by atoms with Crippen LogP contribution < -0.4 is 14.2 Å². The molecule has 0 amide bonds. The zero-order chi connectivity index (χ0) is 23.4. The second kappa shape index (κ2) is 12.7. The minimum atomic E-state index is -0.426. The smallest absolute Gasteiger partial charge is 0.343 e. The van der Waals surface area contributed by atoms with Crippen LogP contribution in [-0.2, 0) is 9.53 Å². The van der Waals surface area contributed by atoms with Gasteiger partial charge in [-0.25, -0.2) is 4.79 Å². The van der Waals surface area contributed by atoms with E-state index in [1.54, 1.807) is 55.6 Å². The first kappa shape index (κ1) is 25.2. The fourth-order valence-corrected chi connectivity index (χ4v) is 2.75. The molecule has 0 aliphatic carbocycles. The fraction of sp³-hybridized carbons (Fsp3) is 0.462. The van der Waals surface area contributed by atoms with Gasteiger partial charge in [-0.05, 0) is 94.5 Å². The van der Waals surface area contributed by atoms with Crippen molar-refractivity contribution in [2.75, 3.05) is 20.3 Å². The maximum Gasteiger partial charge on any atom is 0.343 e. The Balaban J connectivity index is 1.61. The molecule has 0 aromatic heterocycles. The van der Waals surface area contributed by atoms with Crippen LogP contribution in [0.2, 0.25) is 0 Å². The molecule has 0 aliphatic rings. The quantitative estimate of drug-likeness (QED) is 0.221. The van der Waals surface area contributed by atoms with Crippen LogP contribution in [0.15, 0.2) is 48.5 Å². The minimum absolute atomic E-state index is 0.125. The Hall–Kier alpha value is -3.02. The standard InChI is InChI=1S/C26H34O6/c1-5-26(2,3)25(28)31-19-9-7-6-8-18-30-22-12-10-20(11-13-22)24(27)32-23-16-14-21(29-4)15-17-23/h10-17H,5-9,18-19H2,1-4H3. The van der Waals surface area contributed by atoms with Gasteiger partial charge in [-0.3, -0.25) is 4.79 Å². The summed E-state index contributed by atoms with van der Waals surface area (Å²) in [4.78, 5) is 24.1. The van der Waals surface area contributed by atoms with E-state index >= 15 is 0 Å². The van der Waals surface area contributed by atoms with Crippen molar-refractivity contribution in [1.82, 2.24) is 0 Å². The van der Waals surface area contributed by atoms with E-state index in [-0.39, 0.29) is 5.97 Å². The number of hydrogen-bond acceptors (Lipinski definition) is 6. The molecule has 0 radical (unpaired) electrons. The number of hydrogen-bond donors (Lipinski definition) is 0. The zero-order valence-electron chi connectivity index (χ0n) is 19.5. The first-order valence-corrected chi connectivity index (χ1v) is 11.1. The number of rotatable bonds is 13. The fourth-order valence-electron chi connectivity index (χ4n) is 2.75. The maximum atomic E-state index is 12.3. The Morgan fingerprint density at radius 2 is 1.34 bits per heavy atom. The van der Waals surface area contributed by atoms with Crippen LogP contribution in [-0.4, -0.2) is 32.3 Å². The summed E-state index contributed by atoms with van der Waals surface area (Å²) < 4.78 is 21.5. The molecular formula is C26H34O6. The van der Waals surface area contributed by atoms with Crippen LogP contribution in [0.25, 0.3) is 0 Å². The highest BCUT2D eigenvalue weighted by atomic mass is 16.5. The van der Waals surface area contributed by atoms with Gasteiger partial charge >= 0.3 is 11.9 Å². The van der Waals surface area contributed by atoms with Gasteiger partial charge in [0, 0.05) is 0 Å². The lowest BCUT2D eigenvalue weighted by Gasteiger charge is -2.20. The predicted octanol–water partition coefficient (Wildman–Crippen LogP) is 5.83. The predicted molar refractivity (Wildman–Crippen MR) is 123 cm³/mol. The SMILES string of the molecule is CCC(C)(C)C(=O)OCCCCCCOc1ccc(C(=O)Oc2ccc(OC)cc2)cc1. The van der Waals surface area contributed by atoms with E-state index in [1.807, 2.05) is 20.8 Å². The van der Waals surface area contributed by atoms with Gasteiger partial charge in [-0.15, -0.1) is 0 Å². The van der Waals surface area contributed by atoms with Crippen LogP contribution in [0, 0.1) is 5.41 Å². The average Bonchev–Trinajstić information content (AvgIpc) is 2.81. The number of ether oxygens (including phenoxy) is 4. The Kier molecular flexibility index (Phi) is 10.1. The molecule has 6 heteroatoms. The van der Waals surface area contributed by atoms with Crippen molar-refractivity contribution in [3.8, 4) is 17.2 Å². The van der Waals surface area contributed by atoms with Crippen molar-refractivity contribution in [3.05, 3.63) is 54.1 Å². The molecule has 0 saturated heterocycles. The van der Waals surface area contributed by atoms with Gasteiger partial charge in [-0.1, -0.05) is 6.92 Å². The molecule has 2 aromatic carbocycles. The Morgan fingerprint density at radius 1 is 0.781 bits per heavy atom. The summed E-state index contributed by atoms with van der Waals surface area (Å²) in [5, 5.41) is 0. The molecule has 0 heterocycles. The van der Waals surface area contributed by atoms with Crippen molar-refractivity contribution in [3.63, 3.8) is 0 Å². The third-order valence-corrected chi connectivity index (χ3v) is 5.34. The van der Waals surface area contributed by atoms with E-state index in [1.165, 1.54) is 0 Å². The normalized spacial score (nSPS) is 11.0. The lowest BCUT2D eigenvalue weighted by atomic mass is 9.91. The molecule has 0 atom stereocenters. The molecule has 2 aromatic rings. The highest BCUT2D eigenvalue weighted by molar-refractivity contribution is 5.91. The van der Waals surface area contributed by atoms with Crippen molar-refractivity contribution in [1.29, 1.82) is 0 Å². The second-order valence-corrected chi connectivity index (χ2v) is 8.23. The van der Waals surface area contributed by atoms with Crippen LogP contribution >= 0.6 is 0 Å². The van der Waals surface area contributed by atoms with Crippen molar-refractivity contribution >= 4 is 11.9 Å². The lowest BCUT2D eigenvalue weighted by molar-refractivity contribution is -0.154. The monoisotopic (exact) mass is 442 g/mol. The number of unbranched alkanes of at least 4 members (excludes halogenated alkanes) is 3. The highest BCUT2D eigenvalue weighted by Gasteiger charge is 2.26. The molecule has 32 heavy (non-hydrogen) atoms. The van der Waals surface area contributed by atoms with Crippen LogP contribution in [0.3, 0.4) is 0 Å². The summed E-state index contributed by atoms with van der Waals surface area (Å²) in [5.41, 5.74) is 0.0458. The summed E-state index contributed by atoms with van der Waals surface area (Å²) >= 11 is 0. The van der Waals surface area contributed by atoms with Crippen molar-refractivity contribution in [2.45, 2.75) is 52.9 Å². The van der Waals surface area contributed by atoms with Crippen LogP contribution in [0.1, 0.15) is 63.2 Å². The number of benzene rings is 2. The summed E-state index contributed by atoms with van der Waals surface area (Å²) in [7, 11) is 1.58. The number of methoxy groups -OCH3 is 1. The van der Waals surface area contributed by atoms with E-state index < -0.39 is 11.4 Å². The molecule has 174 valence electrons. The van der Waals surface area contributed by atoms with Gasteiger partial charge in [0.05, 0.1) is 31.3 Å². The van der Waals surface area contributed by atoms with Crippen LogP contribution in [0.4, 0.5) is 0 Å². The number of carbonyl (C=O) groups is 2. The summed E-state index contributed by atoms with van der Waals surface area (Å²) in [5.74, 6) is 1.32. The molecule has 0 fully saturated rings. The van der Waals surface area contributed by atoms with Gasteiger partial charge in [0.2, 0.25) is 0 Å². The Labute approximate surface area is 190 Å². The van der Waals surface area contributed by atoms with Crippen molar-refractivity contribution < 1.29 is 28.5 Å². The minimum Gasteiger partial charge on any atom is -0.497 e. The van der Waals surface area contributed by atoms with E-state index in [0.29, 0.717) is 36.0 Å². The molecule has 0 spiro atoms. The first-order valence-electron chi connectivity index (χ1n) is 11.1. The summed E-state index contributed by atoms with van der Waals surface area (Å²) in [6, 6.07) is 13.7. The summed E-state index contributed by atoms with van der Waals surface area (Å²) in [6.45, 7) is 6.87. The molecule has 0 N–H and O–H groups in total. The van der Waals surface area contributed by atoms with E-state index in [2.05, 4.69) is 0 Å². The lowest BCUT2D eigenvalue weighted by Crippen LogP contribution is -2.26. The zero-order valence-corrected chi connectivity index (χ0v) is 19.5. The van der Waals surface area contributed by atoms with Gasteiger partial charge in [0.1, 0.15) is 17.2 Å². The molecule has 0 unspecified atom stereocenters. The van der Waals surface area contributed by atoms with E-state index in [9.17, 15) is 9.59 Å². The van der Waals surface area contributed by atoms with Gasteiger partial charge < -0.3 is 18.9 Å². The van der Waals surface area contributed by atoms with Gasteiger partial charge in [-0.2, -0.15) is 0 Å². The molecule has 0 aliphatic heterocycles. The van der Waals surface area contributed by atoms with Gasteiger partial charge in [0.25, 0.3) is 0 Å². The van der Waals surface area contributed by atoms with Crippen molar-refractivity contribution in [2.24, 2.45) is 5.41 Å². The van der Waals surface area contributed by atoms with E-state index in [0.717, 1.165) is 32.1 Å². The van der Waals surface area contributed by atoms with E-state index in [4.69, 9.17) is 18.9 Å². The molecule has 0 bridgehead atoms. The molecule has 0 saturated carbocycles. The second-order valence-electron chi connectivity index (χ2n) is 8.23. The number of carbonyl (C=O) groups excluding carboxylic acids is 2. The highest BCUT2D eigenvalue weighted by Crippen LogP contribution is 2.22. The Morgan fingerprint density at radius 3 is 1.94 bits per heavy atom. The summed E-state index contributed by atoms with van der Waals surface area (Å²) in [6.07, 6.45) is 4.53. The topological polar surface area (TPSA) is 71.1 Å². The molecular weight excluding hydrogens is 408 g/mol. The largest absolute Gasteiger partial charge is 0.497 e. The maximum absolute atomic E-state index is 12.3. The molecule has 6 nitrogen and oxygen atoms in total. The third-order valence-electron chi connectivity index (χ3n) is 5.34. The van der Waals surface area contributed by atoms with Gasteiger partial charge in [0.15, 0.2) is 0 Å². The first-order chi connectivity index (χ1) is 15.4. The third kappa shape index (κ3) is 8.25. The molecule has 2 rings (SSSR count).